The highest BCUT2D eigenvalue weighted by atomic mass is 19.1. The molecule has 0 aliphatic carbocycles. The zero-order chi connectivity index (χ0) is 21.1. The molecule has 2 amide bonds. The number of carbonyl (C=O) groups is 2. The van der Waals surface area contributed by atoms with Crippen LogP contribution in [0.4, 0.5) is 10.1 Å². The molecule has 0 saturated carbocycles. The Kier molecular flexibility index (Phi) is 5.26. The molecule has 0 saturated heterocycles. The highest BCUT2D eigenvalue weighted by molar-refractivity contribution is 6.04. The molecule has 1 atom stereocenters. The van der Waals surface area contributed by atoms with Crippen molar-refractivity contribution in [3.05, 3.63) is 101 Å². The van der Waals surface area contributed by atoms with E-state index >= 15 is 0 Å². The van der Waals surface area contributed by atoms with Gasteiger partial charge in [0.05, 0.1) is 0 Å². The van der Waals surface area contributed by atoms with Crippen molar-refractivity contribution in [2.45, 2.75) is 13.2 Å². The smallest absolute Gasteiger partial charge is 0.255 e. The summed E-state index contributed by atoms with van der Waals surface area (Å²) in [5.41, 5.74) is 2.28. The summed E-state index contributed by atoms with van der Waals surface area (Å²) in [6.45, 7) is 1.38. The molecule has 0 spiro atoms. The Bertz CT molecular complexity index is 1110. The third-order valence-electron chi connectivity index (χ3n) is 4.52. The van der Waals surface area contributed by atoms with Crippen LogP contribution in [0.3, 0.4) is 0 Å². The molecule has 1 unspecified atom stereocenters. The highest BCUT2D eigenvalue weighted by Gasteiger charge is 2.33. The lowest BCUT2D eigenvalue weighted by atomic mass is 10.1. The van der Waals surface area contributed by atoms with E-state index in [0.29, 0.717) is 22.4 Å². The number of rotatable bonds is 4. The van der Waals surface area contributed by atoms with E-state index in [0.717, 1.165) is 0 Å². The predicted octanol–water partition coefficient (Wildman–Crippen LogP) is 4.32. The summed E-state index contributed by atoms with van der Waals surface area (Å²) >= 11 is 0. The van der Waals surface area contributed by atoms with E-state index in [4.69, 9.17) is 4.74 Å². The molecule has 3 aromatic rings. The van der Waals surface area contributed by atoms with Crippen molar-refractivity contribution >= 4 is 23.4 Å². The molecule has 0 bridgehead atoms. The molecule has 0 radical (unpaired) electrons. The van der Waals surface area contributed by atoms with E-state index in [2.05, 4.69) is 10.4 Å². The molecule has 1 heterocycles. The number of nitrogens with one attached hydrogen (secondary N) is 1. The molecule has 1 N–H and O–H groups in total. The van der Waals surface area contributed by atoms with Gasteiger partial charge in [0.1, 0.15) is 5.82 Å². The zero-order valence-corrected chi connectivity index (χ0v) is 16.1. The van der Waals surface area contributed by atoms with Crippen molar-refractivity contribution < 1.29 is 18.7 Å². The maximum absolute atomic E-state index is 13.2. The van der Waals surface area contributed by atoms with Crippen LogP contribution in [0.25, 0.3) is 0 Å². The predicted molar refractivity (Wildman–Crippen MR) is 110 cm³/mol. The molecule has 1 aliphatic heterocycles. The highest BCUT2D eigenvalue weighted by Crippen LogP contribution is 2.31. The quantitative estimate of drug-likeness (QED) is 0.705. The molecule has 6 nitrogen and oxygen atoms in total. The molecule has 30 heavy (non-hydrogen) atoms. The van der Waals surface area contributed by atoms with Crippen LogP contribution in [0.5, 0.6) is 0 Å². The summed E-state index contributed by atoms with van der Waals surface area (Å²) in [4.78, 5) is 24.5. The number of nitrogens with zero attached hydrogens (tertiary/aromatic N) is 2. The van der Waals surface area contributed by atoms with Crippen LogP contribution in [-0.2, 0) is 9.53 Å². The first-order valence-corrected chi connectivity index (χ1v) is 9.28. The zero-order valence-electron chi connectivity index (χ0n) is 16.1. The third-order valence-corrected chi connectivity index (χ3v) is 4.52. The summed E-state index contributed by atoms with van der Waals surface area (Å²) < 4.78 is 19.1. The third kappa shape index (κ3) is 4.05. The fraction of sp³-hybridized carbons (Fsp3) is 0.0870. The number of hydrogen-bond acceptors (Lipinski definition) is 4. The SMILES string of the molecule is CC(=O)N1N=C(c2ccc(F)cc2)OC1c1cccc(NC(=O)c2ccccc2)c1. The Balaban J connectivity index is 1.57. The van der Waals surface area contributed by atoms with Gasteiger partial charge in [0.25, 0.3) is 5.91 Å². The number of hydrazone groups is 1. The van der Waals surface area contributed by atoms with E-state index in [1.807, 2.05) is 6.07 Å². The average Bonchev–Trinajstić information content (AvgIpc) is 3.21. The lowest BCUT2D eigenvalue weighted by Gasteiger charge is -2.20. The normalized spacial score (nSPS) is 15.3. The number of ether oxygens (including phenoxy) is 1. The molecule has 7 heteroatoms. The van der Waals surface area contributed by atoms with Crippen LogP contribution in [-0.4, -0.2) is 22.7 Å². The first-order chi connectivity index (χ1) is 14.5. The van der Waals surface area contributed by atoms with E-state index in [1.54, 1.807) is 48.5 Å². The summed E-state index contributed by atoms with van der Waals surface area (Å²) in [6, 6.07) is 21.5. The second-order valence-corrected chi connectivity index (χ2v) is 6.69. The second kappa shape index (κ2) is 8.16. The summed E-state index contributed by atoms with van der Waals surface area (Å²) in [5.74, 6) is -0.712. The van der Waals surface area contributed by atoms with Gasteiger partial charge in [-0.05, 0) is 48.5 Å². The van der Waals surface area contributed by atoms with Crippen molar-refractivity contribution in [2.75, 3.05) is 5.32 Å². The number of anilines is 1. The Morgan fingerprint density at radius 3 is 2.43 bits per heavy atom. The van der Waals surface area contributed by atoms with Crippen LogP contribution in [0, 0.1) is 5.82 Å². The van der Waals surface area contributed by atoms with E-state index in [1.165, 1.54) is 36.2 Å². The minimum Gasteiger partial charge on any atom is -0.446 e. The van der Waals surface area contributed by atoms with Crippen LogP contribution in [0.1, 0.15) is 34.6 Å². The standard InChI is InChI=1S/C23H18FN3O3/c1-15(28)27-23(30-22(26-27)17-10-12-19(24)13-11-17)18-8-5-9-20(14-18)25-21(29)16-6-3-2-4-7-16/h2-14,23H,1H3,(H,25,29). The first kappa shape index (κ1) is 19.3. The van der Waals surface area contributed by atoms with Crippen molar-refractivity contribution in [3.8, 4) is 0 Å². The maximum atomic E-state index is 13.2. The van der Waals surface area contributed by atoms with Gasteiger partial charge in [0.2, 0.25) is 18.0 Å². The van der Waals surface area contributed by atoms with Gasteiger partial charge in [-0.15, -0.1) is 5.10 Å². The molecule has 150 valence electrons. The van der Waals surface area contributed by atoms with Crippen molar-refractivity contribution in [1.29, 1.82) is 0 Å². The lowest BCUT2D eigenvalue weighted by Crippen LogP contribution is -2.25. The molecule has 0 aromatic heterocycles. The van der Waals surface area contributed by atoms with Crippen molar-refractivity contribution in [3.63, 3.8) is 0 Å². The number of halogens is 1. The molecular formula is C23H18FN3O3. The van der Waals surface area contributed by atoms with Gasteiger partial charge in [-0.25, -0.2) is 4.39 Å². The Labute approximate surface area is 172 Å². The maximum Gasteiger partial charge on any atom is 0.255 e. The Hall–Kier alpha value is -4.00. The van der Waals surface area contributed by atoms with Gasteiger partial charge in [0.15, 0.2) is 0 Å². The number of carbonyl (C=O) groups excluding carboxylic acids is 2. The van der Waals surface area contributed by atoms with Crippen LogP contribution < -0.4 is 5.32 Å². The van der Waals surface area contributed by atoms with Gasteiger partial charge < -0.3 is 10.1 Å². The second-order valence-electron chi connectivity index (χ2n) is 6.69. The van der Waals surface area contributed by atoms with Crippen LogP contribution in [0.2, 0.25) is 0 Å². The molecule has 1 aliphatic rings. The van der Waals surface area contributed by atoms with Crippen molar-refractivity contribution in [2.24, 2.45) is 5.10 Å². The minimum absolute atomic E-state index is 0.217. The number of benzene rings is 3. The topological polar surface area (TPSA) is 71.0 Å². The van der Waals surface area contributed by atoms with E-state index < -0.39 is 6.23 Å². The number of amides is 2. The first-order valence-electron chi connectivity index (χ1n) is 9.28. The van der Waals surface area contributed by atoms with Crippen LogP contribution >= 0.6 is 0 Å². The monoisotopic (exact) mass is 403 g/mol. The lowest BCUT2D eigenvalue weighted by molar-refractivity contribution is -0.135. The molecule has 0 fully saturated rings. The van der Waals surface area contributed by atoms with Crippen molar-refractivity contribution in [1.82, 2.24) is 5.01 Å². The van der Waals surface area contributed by atoms with Gasteiger partial charge in [-0.1, -0.05) is 30.3 Å². The van der Waals surface area contributed by atoms with Gasteiger partial charge >= 0.3 is 0 Å². The van der Waals surface area contributed by atoms with Gasteiger partial charge in [-0.3, -0.25) is 9.59 Å². The van der Waals surface area contributed by atoms with E-state index in [9.17, 15) is 14.0 Å². The largest absolute Gasteiger partial charge is 0.446 e. The molecular weight excluding hydrogens is 385 g/mol. The fourth-order valence-electron chi connectivity index (χ4n) is 3.06. The van der Waals surface area contributed by atoms with Gasteiger partial charge in [-0.2, -0.15) is 5.01 Å². The Morgan fingerprint density at radius 2 is 1.73 bits per heavy atom. The molecule has 3 aromatic carbocycles. The fourth-order valence-corrected chi connectivity index (χ4v) is 3.06. The summed E-state index contributed by atoms with van der Waals surface area (Å²) in [6.07, 6.45) is -0.795. The van der Waals surface area contributed by atoms with E-state index in [-0.39, 0.29) is 23.5 Å². The summed E-state index contributed by atoms with van der Waals surface area (Å²) in [7, 11) is 0. The Morgan fingerprint density at radius 1 is 1.00 bits per heavy atom. The minimum atomic E-state index is -0.795. The average molecular weight is 403 g/mol. The molecule has 4 rings (SSSR count). The van der Waals surface area contributed by atoms with Gasteiger partial charge in [0, 0.05) is 29.3 Å². The number of hydrogen-bond donors (Lipinski definition) is 1. The van der Waals surface area contributed by atoms with Crippen LogP contribution in [0.15, 0.2) is 84.0 Å². The summed E-state index contributed by atoms with van der Waals surface area (Å²) in [5, 5.41) is 8.31.